The Morgan fingerprint density at radius 1 is 1.57 bits per heavy atom. The average molecular weight is 339 g/mol. The molecule has 0 aliphatic carbocycles. The molecule has 0 radical (unpaired) electrons. The van der Waals surface area contributed by atoms with Crippen LogP contribution < -0.4 is 5.32 Å². The Hall–Kier alpha value is -1.47. The molecule has 2 heterocycles. The minimum Gasteiger partial charge on any atom is -0.458 e. The van der Waals surface area contributed by atoms with Gasteiger partial charge in [-0.05, 0) is 41.0 Å². The third-order valence-electron chi connectivity index (χ3n) is 3.65. The smallest absolute Gasteiger partial charge is 0.329 e. The van der Waals surface area contributed by atoms with E-state index in [4.69, 9.17) is 4.74 Å². The van der Waals surface area contributed by atoms with Crippen molar-refractivity contribution in [3.8, 4) is 0 Å². The summed E-state index contributed by atoms with van der Waals surface area (Å²) < 4.78 is 5.37. The Balaban J connectivity index is 1.89. The van der Waals surface area contributed by atoms with E-state index in [-0.39, 0.29) is 17.9 Å². The molecule has 1 aliphatic rings. The first-order valence-corrected chi connectivity index (χ1v) is 8.73. The molecular weight excluding hydrogens is 314 g/mol. The monoisotopic (exact) mass is 339 g/mol. The summed E-state index contributed by atoms with van der Waals surface area (Å²) in [5.41, 5.74) is 0.396. The maximum absolute atomic E-state index is 12.5. The number of amides is 1. The van der Waals surface area contributed by atoms with Crippen LogP contribution in [0.1, 0.15) is 44.8 Å². The first-order valence-electron chi connectivity index (χ1n) is 7.85. The molecule has 1 fully saturated rings. The number of hydrogen-bond acceptors (Lipinski definition) is 6. The zero-order valence-electron chi connectivity index (χ0n) is 14.4. The third-order valence-corrected chi connectivity index (χ3v) is 4.47. The number of likely N-dealkylation sites (tertiary alicyclic amines) is 1. The second kappa shape index (κ2) is 6.97. The summed E-state index contributed by atoms with van der Waals surface area (Å²) in [7, 11) is 0. The number of carbonyl (C=O) groups is 2. The highest BCUT2D eigenvalue weighted by Crippen LogP contribution is 2.18. The zero-order chi connectivity index (χ0) is 17.2. The maximum Gasteiger partial charge on any atom is 0.329 e. The maximum atomic E-state index is 12.5. The fraction of sp³-hybridized carbons (Fsp3) is 0.688. The number of ether oxygens (including phenoxy) is 1. The Kier molecular flexibility index (Phi) is 5.41. The van der Waals surface area contributed by atoms with Crippen molar-refractivity contribution in [1.82, 2.24) is 15.2 Å². The lowest BCUT2D eigenvalue weighted by Gasteiger charge is -2.27. The van der Waals surface area contributed by atoms with Gasteiger partial charge in [-0.1, -0.05) is 0 Å². The molecule has 0 bridgehead atoms. The lowest BCUT2D eigenvalue weighted by atomic mass is 10.2. The van der Waals surface area contributed by atoms with Crippen molar-refractivity contribution in [3.05, 3.63) is 16.1 Å². The van der Waals surface area contributed by atoms with E-state index in [1.54, 1.807) is 23.2 Å². The molecule has 1 aromatic heterocycles. The summed E-state index contributed by atoms with van der Waals surface area (Å²) in [6.45, 7) is 10.3. The summed E-state index contributed by atoms with van der Waals surface area (Å²) >= 11 is 1.59. The van der Waals surface area contributed by atoms with Crippen LogP contribution in [0.4, 0.5) is 0 Å². The summed E-state index contributed by atoms with van der Waals surface area (Å²) in [6, 6.07) is -0.822. The standard InChI is InChI=1S/C16H25N3O3S/c1-10(15(21)22-16(3,4)5)19-7-6-13(14(19)20)17-8-12-9-23-11(2)18-12/h9-10,13,17H,6-8H2,1-5H3/t10-,13-/m0/s1. The fourth-order valence-electron chi connectivity index (χ4n) is 2.51. The normalized spacial score (nSPS) is 20.0. The van der Waals surface area contributed by atoms with Gasteiger partial charge in [-0.25, -0.2) is 9.78 Å². The molecule has 6 nitrogen and oxygen atoms in total. The van der Waals surface area contributed by atoms with Crippen molar-refractivity contribution in [3.63, 3.8) is 0 Å². The molecule has 2 rings (SSSR count). The number of rotatable bonds is 5. The van der Waals surface area contributed by atoms with E-state index in [1.165, 1.54) is 0 Å². The van der Waals surface area contributed by atoms with Gasteiger partial charge in [0.25, 0.3) is 0 Å². The predicted octanol–water partition coefficient (Wildman–Crippen LogP) is 1.87. The fourth-order valence-corrected chi connectivity index (χ4v) is 3.12. The number of esters is 1. The predicted molar refractivity (Wildman–Crippen MR) is 89.1 cm³/mol. The van der Waals surface area contributed by atoms with E-state index in [0.717, 1.165) is 10.7 Å². The first-order chi connectivity index (χ1) is 10.7. The molecule has 23 heavy (non-hydrogen) atoms. The summed E-state index contributed by atoms with van der Waals surface area (Å²) in [4.78, 5) is 30.6. The molecule has 128 valence electrons. The molecule has 1 aromatic rings. The van der Waals surface area contributed by atoms with Gasteiger partial charge >= 0.3 is 5.97 Å². The Morgan fingerprint density at radius 2 is 2.26 bits per heavy atom. The number of aromatic nitrogens is 1. The number of nitrogens with one attached hydrogen (secondary N) is 1. The SMILES string of the molecule is Cc1nc(CN[C@H]2CCN([C@@H](C)C(=O)OC(C)(C)C)C2=O)cs1. The first kappa shape index (κ1) is 17.9. The minimum absolute atomic E-state index is 0.0460. The number of aryl methyl sites for hydroxylation is 1. The van der Waals surface area contributed by atoms with Crippen molar-refractivity contribution in [2.24, 2.45) is 0 Å². The van der Waals surface area contributed by atoms with Gasteiger partial charge in [0.2, 0.25) is 5.91 Å². The molecule has 0 spiro atoms. The van der Waals surface area contributed by atoms with Crippen LogP contribution in [0.25, 0.3) is 0 Å². The van der Waals surface area contributed by atoms with E-state index < -0.39 is 11.6 Å². The summed E-state index contributed by atoms with van der Waals surface area (Å²) in [5.74, 6) is -0.406. The van der Waals surface area contributed by atoms with Crippen molar-refractivity contribution in [2.45, 2.75) is 65.3 Å². The topological polar surface area (TPSA) is 71.5 Å². The second-order valence-corrected chi connectivity index (χ2v) is 7.88. The third kappa shape index (κ3) is 4.75. The molecule has 0 aromatic carbocycles. The van der Waals surface area contributed by atoms with Crippen molar-refractivity contribution < 1.29 is 14.3 Å². The van der Waals surface area contributed by atoms with Crippen LogP contribution in [-0.4, -0.2) is 46.0 Å². The molecule has 0 unspecified atom stereocenters. The van der Waals surface area contributed by atoms with Crippen LogP contribution in [0.2, 0.25) is 0 Å². The quantitative estimate of drug-likeness (QED) is 0.829. The largest absolute Gasteiger partial charge is 0.458 e. The average Bonchev–Trinajstić information content (AvgIpc) is 3.00. The van der Waals surface area contributed by atoms with Crippen molar-refractivity contribution in [2.75, 3.05) is 6.54 Å². The molecule has 1 saturated heterocycles. The molecule has 1 N–H and O–H groups in total. The molecular formula is C16H25N3O3S. The number of hydrogen-bond donors (Lipinski definition) is 1. The summed E-state index contributed by atoms with van der Waals surface area (Å²) in [6.07, 6.45) is 0.690. The highest BCUT2D eigenvalue weighted by molar-refractivity contribution is 7.09. The lowest BCUT2D eigenvalue weighted by molar-refractivity contribution is -0.163. The molecule has 1 aliphatic heterocycles. The van der Waals surface area contributed by atoms with Crippen molar-refractivity contribution >= 4 is 23.2 Å². The lowest BCUT2D eigenvalue weighted by Crippen LogP contribution is -2.46. The van der Waals surface area contributed by atoms with E-state index in [2.05, 4.69) is 10.3 Å². The van der Waals surface area contributed by atoms with Crippen LogP contribution in [0.5, 0.6) is 0 Å². The second-order valence-electron chi connectivity index (χ2n) is 6.82. The molecule has 1 amide bonds. The highest BCUT2D eigenvalue weighted by atomic mass is 32.1. The van der Waals surface area contributed by atoms with E-state index >= 15 is 0 Å². The highest BCUT2D eigenvalue weighted by Gasteiger charge is 2.38. The number of nitrogens with zero attached hydrogens (tertiary/aromatic N) is 2. The van der Waals surface area contributed by atoms with Crippen LogP contribution in [0, 0.1) is 6.92 Å². The van der Waals surface area contributed by atoms with Crippen LogP contribution >= 0.6 is 11.3 Å². The summed E-state index contributed by atoms with van der Waals surface area (Å²) in [5, 5.41) is 6.24. The van der Waals surface area contributed by atoms with Gasteiger partial charge < -0.3 is 15.0 Å². The minimum atomic E-state index is -0.560. The van der Waals surface area contributed by atoms with Crippen molar-refractivity contribution in [1.29, 1.82) is 0 Å². The molecule has 0 saturated carbocycles. The van der Waals surface area contributed by atoms with Gasteiger partial charge in [0, 0.05) is 18.5 Å². The van der Waals surface area contributed by atoms with Crippen LogP contribution in [-0.2, 0) is 20.9 Å². The Morgan fingerprint density at radius 3 is 2.83 bits per heavy atom. The van der Waals surface area contributed by atoms with Gasteiger partial charge in [-0.2, -0.15) is 0 Å². The van der Waals surface area contributed by atoms with Gasteiger partial charge in [-0.3, -0.25) is 4.79 Å². The molecule has 7 heteroatoms. The Bertz CT molecular complexity index is 579. The van der Waals surface area contributed by atoms with E-state index in [1.807, 2.05) is 33.1 Å². The van der Waals surface area contributed by atoms with Gasteiger partial charge in [0.05, 0.1) is 16.7 Å². The van der Waals surface area contributed by atoms with E-state index in [0.29, 0.717) is 19.5 Å². The van der Waals surface area contributed by atoms with Crippen LogP contribution in [0.3, 0.4) is 0 Å². The van der Waals surface area contributed by atoms with E-state index in [9.17, 15) is 9.59 Å². The van der Waals surface area contributed by atoms with Gasteiger partial charge in [0.15, 0.2) is 0 Å². The zero-order valence-corrected chi connectivity index (χ0v) is 15.2. The van der Waals surface area contributed by atoms with Gasteiger partial charge in [-0.15, -0.1) is 11.3 Å². The number of carbonyl (C=O) groups excluding carboxylic acids is 2. The Labute approximate surface area is 141 Å². The molecule has 2 atom stereocenters. The van der Waals surface area contributed by atoms with Crippen LogP contribution in [0.15, 0.2) is 5.38 Å². The van der Waals surface area contributed by atoms with Gasteiger partial charge in [0.1, 0.15) is 11.6 Å². The number of thiazole rings is 1.